The van der Waals surface area contributed by atoms with E-state index in [1.807, 2.05) is 6.07 Å². The van der Waals surface area contributed by atoms with E-state index < -0.39 is 39.9 Å². The number of amides is 4. The molecular weight excluding hydrogens is 406 g/mol. The minimum absolute atomic E-state index is 0.0265. The van der Waals surface area contributed by atoms with Crippen molar-refractivity contribution in [2.24, 2.45) is 5.92 Å². The number of sulfone groups is 1. The Kier molecular flexibility index (Phi) is 5.34. The van der Waals surface area contributed by atoms with Crippen molar-refractivity contribution in [3.8, 4) is 0 Å². The normalized spacial score (nSPS) is 30.5. The summed E-state index contributed by atoms with van der Waals surface area (Å²) >= 11 is 0. The van der Waals surface area contributed by atoms with Gasteiger partial charge in [-0.1, -0.05) is 25.1 Å². The van der Waals surface area contributed by atoms with Crippen molar-refractivity contribution in [3.05, 3.63) is 30.3 Å². The molecule has 1 aromatic rings. The monoisotopic (exact) mass is 433 g/mol. The molecule has 2 saturated heterocycles. The highest BCUT2D eigenvalue weighted by Crippen LogP contribution is 2.36. The van der Waals surface area contributed by atoms with E-state index >= 15 is 0 Å². The van der Waals surface area contributed by atoms with Crippen LogP contribution in [0.2, 0.25) is 0 Å². The summed E-state index contributed by atoms with van der Waals surface area (Å²) in [5.41, 5.74) is -0.337. The molecule has 8 nitrogen and oxygen atoms in total. The SMILES string of the molecule is CC1CCC2(CC1)NC(=O)N(CC(=O)N(c1ccccc1)[C@@H]1CCS(=O)(=O)C1)C2=O. The Bertz CT molecular complexity index is 954. The van der Waals surface area contributed by atoms with Gasteiger partial charge in [0, 0.05) is 5.69 Å². The van der Waals surface area contributed by atoms with Gasteiger partial charge in [0.25, 0.3) is 5.91 Å². The number of carbonyl (C=O) groups is 3. The Hall–Kier alpha value is -2.42. The zero-order chi connectivity index (χ0) is 21.5. The van der Waals surface area contributed by atoms with Crippen molar-refractivity contribution in [3.63, 3.8) is 0 Å². The molecule has 0 unspecified atom stereocenters. The minimum Gasteiger partial charge on any atom is -0.323 e. The number of imide groups is 1. The summed E-state index contributed by atoms with van der Waals surface area (Å²) in [6, 6.07) is 7.76. The molecule has 1 aromatic carbocycles. The van der Waals surface area contributed by atoms with Crippen molar-refractivity contribution in [1.29, 1.82) is 0 Å². The molecule has 1 N–H and O–H groups in total. The van der Waals surface area contributed by atoms with E-state index in [0.29, 0.717) is 30.9 Å². The second kappa shape index (κ2) is 7.68. The Morgan fingerprint density at radius 3 is 2.43 bits per heavy atom. The van der Waals surface area contributed by atoms with Gasteiger partial charge < -0.3 is 10.2 Å². The van der Waals surface area contributed by atoms with Gasteiger partial charge in [0.05, 0.1) is 17.5 Å². The summed E-state index contributed by atoms with van der Waals surface area (Å²) < 4.78 is 24.0. The topological polar surface area (TPSA) is 104 Å². The van der Waals surface area contributed by atoms with Crippen LogP contribution in [0, 0.1) is 5.92 Å². The molecule has 9 heteroatoms. The Morgan fingerprint density at radius 2 is 1.83 bits per heavy atom. The predicted molar refractivity (Wildman–Crippen MR) is 112 cm³/mol. The Labute approximate surface area is 176 Å². The van der Waals surface area contributed by atoms with Crippen molar-refractivity contribution in [1.82, 2.24) is 10.2 Å². The van der Waals surface area contributed by atoms with E-state index in [4.69, 9.17) is 0 Å². The number of benzene rings is 1. The van der Waals surface area contributed by atoms with Crippen LogP contribution in [0.15, 0.2) is 30.3 Å². The van der Waals surface area contributed by atoms with Gasteiger partial charge in [-0.25, -0.2) is 13.2 Å². The first-order chi connectivity index (χ1) is 14.2. The largest absolute Gasteiger partial charge is 0.325 e. The van der Waals surface area contributed by atoms with E-state index in [2.05, 4.69) is 12.2 Å². The standard InChI is InChI=1S/C21H27N3O5S/c1-15-7-10-21(11-8-15)19(26)23(20(27)22-21)13-18(25)24(16-5-3-2-4-6-16)17-9-12-30(28,29)14-17/h2-6,15,17H,7-14H2,1H3,(H,22,27)/t15?,17-,21?/m1/s1. The number of hydrogen-bond donors (Lipinski definition) is 1. The average molecular weight is 434 g/mol. The average Bonchev–Trinajstić information content (AvgIpc) is 3.17. The first-order valence-corrected chi connectivity index (χ1v) is 12.2. The van der Waals surface area contributed by atoms with Crippen LogP contribution in [-0.2, 0) is 19.4 Å². The first-order valence-electron chi connectivity index (χ1n) is 10.4. The number of hydrogen-bond acceptors (Lipinski definition) is 5. The number of nitrogens with zero attached hydrogens (tertiary/aromatic N) is 2. The lowest BCUT2D eigenvalue weighted by atomic mass is 9.77. The summed E-state index contributed by atoms with van der Waals surface area (Å²) in [7, 11) is -3.21. The molecule has 2 heterocycles. The van der Waals surface area contributed by atoms with Gasteiger partial charge in [-0.05, 0) is 50.2 Å². The van der Waals surface area contributed by atoms with Crippen LogP contribution in [0.25, 0.3) is 0 Å². The molecule has 2 aliphatic heterocycles. The number of urea groups is 1. The van der Waals surface area contributed by atoms with Gasteiger partial charge in [-0.15, -0.1) is 0 Å². The number of rotatable bonds is 4. The quantitative estimate of drug-likeness (QED) is 0.728. The van der Waals surface area contributed by atoms with Crippen molar-refractivity contribution in [2.75, 3.05) is 23.0 Å². The van der Waals surface area contributed by atoms with Crippen LogP contribution in [-0.4, -0.2) is 60.8 Å². The Balaban J connectivity index is 1.55. The molecule has 1 saturated carbocycles. The lowest BCUT2D eigenvalue weighted by Gasteiger charge is -2.34. The lowest BCUT2D eigenvalue weighted by Crippen LogP contribution is -2.51. The van der Waals surface area contributed by atoms with Crippen LogP contribution >= 0.6 is 0 Å². The second-order valence-electron chi connectivity index (χ2n) is 8.74. The molecule has 3 aliphatic rings. The van der Waals surface area contributed by atoms with Crippen LogP contribution in [0.4, 0.5) is 10.5 Å². The molecule has 0 bridgehead atoms. The number of carbonyl (C=O) groups excluding carboxylic acids is 3. The maximum absolute atomic E-state index is 13.3. The van der Waals surface area contributed by atoms with E-state index in [-0.39, 0.29) is 17.4 Å². The van der Waals surface area contributed by atoms with Crippen LogP contribution in [0.3, 0.4) is 0 Å². The Morgan fingerprint density at radius 1 is 1.17 bits per heavy atom. The fourth-order valence-electron chi connectivity index (χ4n) is 4.75. The molecule has 4 rings (SSSR count). The van der Waals surface area contributed by atoms with E-state index in [1.54, 1.807) is 24.3 Å². The third-order valence-corrected chi connectivity index (χ3v) is 8.29. The van der Waals surface area contributed by atoms with Crippen molar-refractivity contribution < 1.29 is 22.8 Å². The summed E-state index contributed by atoms with van der Waals surface area (Å²) in [4.78, 5) is 41.4. The summed E-state index contributed by atoms with van der Waals surface area (Å²) in [6.07, 6.45) is 3.19. The van der Waals surface area contributed by atoms with Crippen molar-refractivity contribution in [2.45, 2.75) is 50.6 Å². The maximum Gasteiger partial charge on any atom is 0.325 e. The predicted octanol–water partition coefficient (Wildman–Crippen LogP) is 1.71. The van der Waals surface area contributed by atoms with Crippen LogP contribution in [0.1, 0.15) is 39.0 Å². The third-order valence-electron chi connectivity index (χ3n) is 6.54. The summed E-state index contributed by atoms with van der Waals surface area (Å²) in [6.45, 7) is 1.73. The van der Waals surface area contributed by atoms with E-state index in [0.717, 1.165) is 17.7 Å². The molecular formula is C21H27N3O5S. The molecule has 30 heavy (non-hydrogen) atoms. The molecule has 162 valence electrons. The first kappa shape index (κ1) is 20.8. The second-order valence-corrected chi connectivity index (χ2v) is 11.0. The molecule has 3 fully saturated rings. The van der Waals surface area contributed by atoms with Gasteiger partial charge in [-0.3, -0.25) is 14.5 Å². The van der Waals surface area contributed by atoms with Crippen LogP contribution in [0.5, 0.6) is 0 Å². The van der Waals surface area contributed by atoms with Crippen LogP contribution < -0.4 is 10.2 Å². The highest BCUT2D eigenvalue weighted by Gasteiger charge is 2.52. The fourth-order valence-corrected chi connectivity index (χ4v) is 6.45. The van der Waals surface area contributed by atoms with Gasteiger partial charge in [0.1, 0.15) is 12.1 Å². The minimum atomic E-state index is -3.21. The van der Waals surface area contributed by atoms with Gasteiger partial charge in [-0.2, -0.15) is 0 Å². The zero-order valence-corrected chi connectivity index (χ0v) is 17.9. The number of nitrogens with one attached hydrogen (secondary N) is 1. The summed E-state index contributed by atoms with van der Waals surface area (Å²) in [5.74, 6) is -0.379. The maximum atomic E-state index is 13.3. The van der Waals surface area contributed by atoms with Gasteiger partial charge in [0.15, 0.2) is 9.84 Å². The third kappa shape index (κ3) is 3.82. The smallest absolute Gasteiger partial charge is 0.323 e. The zero-order valence-electron chi connectivity index (χ0n) is 17.0. The summed E-state index contributed by atoms with van der Waals surface area (Å²) in [5, 5.41) is 2.83. The van der Waals surface area contributed by atoms with E-state index in [1.165, 1.54) is 4.90 Å². The van der Waals surface area contributed by atoms with E-state index in [9.17, 15) is 22.8 Å². The highest BCUT2D eigenvalue weighted by atomic mass is 32.2. The molecule has 1 aliphatic carbocycles. The molecule has 4 amide bonds. The lowest BCUT2D eigenvalue weighted by molar-refractivity contribution is -0.135. The van der Waals surface area contributed by atoms with Gasteiger partial charge in [0.2, 0.25) is 5.91 Å². The fraction of sp³-hybridized carbons (Fsp3) is 0.571. The molecule has 0 radical (unpaired) electrons. The van der Waals surface area contributed by atoms with Crippen molar-refractivity contribution >= 4 is 33.4 Å². The van der Waals surface area contributed by atoms with Gasteiger partial charge >= 0.3 is 6.03 Å². The number of anilines is 1. The molecule has 1 spiro atoms. The highest BCUT2D eigenvalue weighted by molar-refractivity contribution is 7.91. The molecule has 1 atom stereocenters. The molecule has 0 aromatic heterocycles. The number of para-hydroxylation sites is 1.